The van der Waals surface area contributed by atoms with E-state index in [-0.39, 0.29) is 18.4 Å². The number of carboxylic acids is 1. The maximum Gasteiger partial charge on any atom is 0.303 e. The first kappa shape index (κ1) is 16.1. The number of thiazole rings is 1. The van der Waals surface area contributed by atoms with Crippen LogP contribution in [-0.2, 0) is 4.79 Å². The molecule has 0 saturated carbocycles. The van der Waals surface area contributed by atoms with Crippen LogP contribution in [0.5, 0.6) is 0 Å². The first-order valence-electron chi connectivity index (χ1n) is 7.66. The zero-order valence-electron chi connectivity index (χ0n) is 12.6. The summed E-state index contributed by atoms with van der Waals surface area (Å²) in [4.78, 5) is 29.9. The molecule has 1 fully saturated rings. The van der Waals surface area contributed by atoms with E-state index in [1.165, 1.54) is 11.3 Å². The van der Waals surface area contributed by atoms with Gasteiger partial charge in [-0.05, 0) is 37.1 Å². The second-order valence-corrected chi connectivity index (χ2v) is 7.27. The lowest BCUT2D eigenvalue weighted by Crippen LogP contribution is -2.44. The highest BCUT2D eigenvalue weighted by atomic mass is 32.1. The molecule has 1 aliphatic heterocycles. The molecular formula is C16H18N2O3S2. The predicted molar refractivity (Wildman–Crippen MR) is 91.0 cm³/mol. The van der Waals surface area contributed by atoms with Crippen LogP contribution in [0.1, 0.15) is 42.6 Å². The van der Waals surface area contributed by atoms with Gasteiger partial charge in [0.25, 0.3) is 5.91 Å². The number of carbonyl (C=O) groups excluding carboxylic acids is 1. The highest BCUT2D eigenvalue weighted by Crippen LogP contribution is 2.28. The van der Waals surface area contributed by atoms with Gasteiger partial charge in [0.05, 0.1) is 0 Å². The molecule has 3 rings (SSSR count). The van der Waals surface area contributed by atoms with E-state index in [2.05, 4.69) is 4.98 Å². The number of likely N-dealkylation sites (tertiary alicyclic amines) is 1. The Balaban J connectivity index is 1.73. The predicted octanol–water partition coefficient (Wildman–Crippen LogP) is 3.73. The smallest absolute Gasteiger partial charge is 0.303 e. The second-order valence-electron chi connectivity index (χ2n) is 5.63. The van der Waals surface area contributed by atoms with Crippen molar-refractivity contribution < 1.29 is 14.7 Å². The number of nitrogens with zero attached hydrogens (tertiary/aromatic N) is 2. The van der Waals surface area contributed by atoms with Crippen molar-refractivity contribution in [2.75, 3.05) is 6.54 Å². The molecule has 0 spiro atoms. The number of aromatic nitrogens is 1. The average molecular weight is 350 g/mol. The van der Waals surface area contributed by atoms with E-state index in [4.69, 9.17) is 5.11 Å². The first-order chi connectivity index (χ1) is 11.1. The topological polar surface area (TPSA) is 70.5 Å². The summed E-state index contributed by atoms with van der Waals surface area (Å²) in [6.45, 7) is 0.689. The molecule has 5 nitrogen and oxygen atoms in total. The quantitative estimate of drug-likeness (QED) is 0.892. The van der Waals surface area contributed by atoms with Gasteiger partial charge in [0.15, 0.2) is 0 Å². The molecular weight excluding hydrogens is 332 g/mol. The molecule has 1 N–H and O–H groups in total. The largest absolute Gasteiger partial charge is 0.481 e. The fraction of sp³-hybridized carbons (Fsp3) is 0.438. The Morgan fingerprint density at radius 1 is 1.35 bits per heavy atom. The Kier molecular flexibility index (Phi) is 5.07. The van der Waals surface area contributed by atoms with E-state index in [1.54, 1.807) is 16.7 Å². The Morgan fingerprint density at radius 2 is 2.22 bits per heavy atom. The summed E-state index contributed by atoms with van der Waals surface area (Å²) >= 11 is 3.08. The molecule has 2 aromatic heterocycles. The van der Waals surface area contributed by atoms with E-state index in [0.717, 1.165) is 29.8 Å². The van der Waals surface area contributed by atoms with Crippen LogP contribution >= 0.6 is 22.7 Å². The van der Waals surface area contributed by atoms with Gasteiger partial charge in [-0.2, -0.15) is 11.3 Å². The van der Waals surface area contributed by atoms with Gasteiger partial charge in [0.1, 0.15) is 10.7 Å². The minimum absolute atomic E-state index is 0.0126. The molecule has 122 valence electrons. The van der Waals surface area contributed by atoms with Crippen molar-refractivity contribution in [3.8, 4) is 10.6 Å². The van der Waals surface area contributed by atoms with Crippen LogP contribution in [0.2, 0.25) is 0 Å². The van der Waals surface area contributed by atoms with Gasteiger partial charge in [-0.1, -0.05) is 0 Å². The third kappa shape index (κ3) is 3.79. The third-order valence-corrected chi connectivity index (χ3v) is 5.65. The highest BCUT2D eigenvalue weighted by Gasteiger charge is 2.29. The number of carboxylic acid groups (broad SMARTS) is 1. The summed E-state index contributed by atoms with van der Waals surface area (Å²) < 4.78 is 0. The van der Waals surface area contributed by atoms with Crippen LogP contribution in [0.15, 0.2) is 22.2 Å². The normalized spacial score (nSPS) is 18.1. The van der Waals surface area contributed by atoms with Crippen LogP contribution in [0.4, 0.5) is 0 Å². The van der Waals surface area contributed by atoms with Crippen LogP contribution in [0.25, 0.3) is 10.6 Å². The minimum atomic E-state index is -0.809. The van der Waals surface area contributed by atoms with Gasteiger partial charge in [-0.3, -0.25) is 9.59 Å². The van der Waals surface area contributed by atoms with Gasteiger partial charge < -0.3 is 10.0 Å². The SMILES string of the molecule is O=C(O)CCC1CCCCN1C(=O)c1csc(-c2ccsc2)n1. The van der Waals surface area contributed by atoms with Crippen LogP contribution < -0.4 is 0 Å². The molecule has 1 atom stereocenters. The molecule has 7 heteroatoms. The maximum atomic E-state index is 12.8. The molecule has 0 bridgehead atoms. The molecule has 1 unspecified atom stereocenters. The minimum Gasteiger partial charge on any atom is -0.481 e. The molecule has 2 aromatic rings. The molecule has 1 amide bonds. The standard InChI is InChI=1S/C16H18N2O3S2/c19-14(20)5-4-12-3-1-2-7-18(12)16(21)13-10-23-15(17-13)11-6-8-22-9-11/h6,8-10,12H,1-5,7H2,(H,19,20). The fourth-order valence-corrected chi connectivity index (χ4v) is 4.40. The van der Waals surface area contributed by atoms with Gasteiger partial charge in [-0.15, -0.1) is 11.3 Å². The van der Waals surface area contributed by atoms with E-state index in [0.29, 0.717) is 18.7 Å². The van der Waals surface area contributed by atoms with E-state index >= 15 is 0 Å². The number of hydrogen-bond acceptors (Lipinski definition) is 5. The summed E-state index contributed by atoms with van der Waals surface area (Å²) in [6.07, 6.45) is 3.51. The molecule has 23 heavy (non-hydrogen) atoms. The number of hydrogen-bond donors (Lipinski definition) is 1. The number of rotatable bonds is 5. The zero-order valence-corrected chi connectivity index (χ0v) is 14.2. The second kappa shape index (κ2) is 7.23. The number of amides is 1. The lowest BCUT2D eigenvalue weighted by atomic mass is 9.97. The van der Waals surface area contributed by atoms with Crippen molar-refractivity contribution in [1.29, 1.82) is 0 Å². The lowest BCUT2D eigenvalue weighted by molar-refractivity contribution is -0.137. The van der Waals surface area contributed by atoms with Crippen LogP contribution in [-0.4, -0.2) is 39.5 Å². The van der Waals surface area contributed by atoms with E-state index in [9.17, 15) is 9.59 Å². The first-order valence-corrected chi connectivity index (χ1v) is 9.48. The Labute approximate surface area is 142 Å². The fourth-order valence-electron chi connectivity index (χ4n) is 2.90. The molecule has 0 aromatic carbocycles. The lowest BCUT2D eigenvalue weighted by Gasteiger charge is -2.35. The Bertz CT molecular complexity index is 681. The van der Waals surface area contributed by atoms with Crippen molar-refractivity contribution >= 4 is 34.6 Å². The van der Waals surface area contributed by atoms with Crippen molar-refractivity contribution in [2.24, 2.45) is 0 Å². The summed E-state index contributed by atoms with van der Waals surface area (Å²) in [7, 11) is 0. The molecule has 1 aliphatic rings. The number of carbonyl (C=O) groups is 2. The Morgan fingerprint density at radius 3 is 2.96 bits per heavy atom. The molecule has 0 aliphatic carbocycles. The number of piperidine rings is 1. The number of thiophene rings is 1. The highest BCUT2D eigenvalue weighted by molar-refractivity contribution is 7.14. The monoisotopic (exact) mass is 350 g/mol. The van der Waals surface area contributed by atoms with Gasteiger partial charge in [0, 0.05) is 35.3 Å². The van der Waals surface area contributed by atoms with Crippen molar-refractivity contribution in [2.45, 2.75) is 38.1 Å². The molecule has 3 heterocycles. The van der Waals surface area contributed by atoms with Crippen molar-refractivity contribution in [3.05, 3.63) is 27.9 Å². The summed E-state index contributed by atoms with van der Waals surface area (Å²) in [5.41, 5.74) is 1.51. The van der Waals surface area contributed by atoms with Gasteiger partial charge in [-0.25, -0.2) is 4.98 Å². The molecule has 1 saturated heterocycles. The number of aliphatic carboxylic acids is 1. The summed E-state index contributed by atoms with van der Waals surface area (Å²) in [5, 5.41) is 15.5. The zero-order chi connectivity index (χ0) is 16.2. The van der Waals surface area contributed by atoms with Gasteiger partial charge >= 0.3 is 5.97 Å². The van der Waals surface area contributed by atoms with Crippen LogP contribution in [0, 0.1) is 0 Å². The summed E-state index contributed by atoms with van der Waals surface area (Å²) in [6, 6.07) is 2.01. The van der Waals surface area contributed by atoms with E-state index in [1.807, 2.05) is 21.7 Å². The van der Waals surface area contributed by atoms with E-state index < -0.39 is 5.97 Å². The van der Waals surface area contributed by atoms with Gasteiger partial charge in [0.2, 0.25) is 0 Å². The average Bonchev–Trinajstić information content (AvgIpc) is 3.23. The van der Waals surface area contributed by atoms with Crippen molar-refractivity contribution in [1.82, 2.24) is 9.88 Å². The van der Waals surface area contributed by atoms with Crippen LogP contribution in [0.3, 0.4) is 0 Å². The maximum absolute atomic E-state index is 12.8. The Hall–Kier alpha value is -1.73. The third-order valence-electron chi connectivity index (χ3n) is 4.07. The molecule has 0 radical (unpaired) electrons. The summed E-state index contributed by atoms with van der Waals surface area (Å²) in [5.74, 6) is -0.880. The van der Waals surface area contributed by atoms with Crippen molar-refractivity contribution in [3.63, 3.8) is 0 Å².